The normalized spacial score (nSPS) is 21.0. The third-order valence-corrected chi connectivity index (χ3v) is 5.28. The molecule has 6 nitrogen and oxygen atoms in total. The Kier molecular flexibility index (Phi) is 4.76. The van der Waals surface area contributed by atoms with E-state index in [1.807, 2.05) is 12.3 Å². The van der Waals surface area contributed by atoms with E-state index in [9.17, 15) is 0 Å². The van der Waals surface area contributed by atoms with Gasteiger partial charge in [0.15, 0.2) is 0 Å². The smallest absolute Gasteiger partial charge is 0.212 e. The van der Waals surface area contributed by atoms with Gasteiger partial charge in [-0.15, -0.1) is 0 Å². The van der Waals surface area contributed by atoms with E-state index in [0.717, 1.165) is 43.5 Å². The van der Waals surface area contributed by atoms with Gasteiger partial charge in [0.2, 0.25) is 5.88 Å². The predicted molar refractivity (Wildman–Crippen MR) is 102 cm³/mol. The second-order valence-corrected chi connectivity index (χ2v) is 7.47. The van der Waals surface area contributed by atoms with E-state index in [1.54, 1.807) is 7.11 Å². The highest BCUT2D eigenvalue weighted by Gasteiger charge is 2.29. The lowest BCUT2D eigenvalue weighted by Crippen LogP contribution is -2.51. The zero-order valence-corrected chi connectivity index (χ0v) is 15.9. The lowest BCUT2D eigenvalue weighted by Gasteiger charge is -2.40. The summed E-state index contributed by atoms with van der Waals surface area (Å²) >= 11 is 0. The van der Waals surface area contributed by atoms with Crippen LogP contribution in [0.4, 0.5) is 5.82 Å². The molecule has 1 unspecified atom stereocenters. The zero-order chi connectivity index (χ0) is 18.1. The van der Waals surface area contributed by atoms with Crippen LogP contribution in [0.3, 0.4) is 0 Å². The number of hydrogen-bond acceptors (Lipinski definition) is 6. The van der Waals surface area contributed by atoms with E-state index in [-0.39, 0.29) is 0 Å². The van der Waals surface area contributed by atoms with Crippen molar-refractivity contribution in [2.24, 2.45) is 0 Å². The number of pyridine rings is 1. The number of nitrogens with zero attached hydrogens (tertiary/aromatic N) is 5. The first-order valence-corrected chi connectivity index (χ1v) is 9.46. The highest BCUT2D eigenvalue weighted by atomic mass is 16.5. The van der Waals surface area contributed by atoms with Gasteiger partial charge in [0.1, 0.15) is 11.6 Å². The highest BCUT2D eigenvalue weighted by molar-refractivity contribution is 5.41. The third kappa shape index (κ3) is 3.80. The summed E-state index contributed by atoms with van der Waals surface area (Å²) in [6.07, 6.45) is 4.39. The van der Waals surface area contributed by atoms with Crippen LogP contribution in [0.2, 0.25) is 0 Å². The Hall–Kier alpha value is -2.21. The van der Waals surface area contributed by atoms with Crippen LogP contribution < -0.4 is 9.64 Å². The van der Waals surface area contributed by atoms with E-state index < -0.39 is 0 Å². The number of hydrogen-bond donors (Lipinski definition) is 0. The van der Waals surface area contributed by atoms with Crippen molar-refractivity contribution < 1.29 is 4.74 Å². The van der Waals surface area contributed by atoms with Crippen molar-refractivity contribution in [3.63, 3.8) is 0 Å². The van der Waals surface area contributed by atoms with Crippen molar-refractivity contribution in [1.82, 2.24) is 19.9 Å². The van der Waals surface area contributed by atoms with Crippen molar-refractivity contribution in [3.05, 3.63) is 41.5 Å². The number of aromatic nitrogens is 3. The molecule has 2 aromatic rings. The molecule has 138 valence electrons. The average molecular weight is 353 g/mol. The van der Waals surface area contributed by atoms with E-state index in [0.29, 0.717) is 17.8 Å². The molecule has 0 radical (unpaired) electrons. The zero-order valence-electron chi connectivity index (χ0n) is 15.9. The van der Waals surface area contributed by atoms with Crippen LogP contribution in [-0.2, 0) is 6.54 Å². The van der Waals surface area contributed by atoms with Crippen molar-refractivity contribution in [1.29, 1.82) is 0 Å². The third-order valence-electron chi connectivity index (χ3n) is 5.28. The number of rotatable bonds is 5. The van der Waals surface area contributed by atoms with Crippen LogP contribution >= 0.6 is 0 Å². The average Bonchev–Trinajstić information content (AvgIpc) is 3.49. The summed E-state index contributed by atoms with van der Waals surface area (Å²) in [6.45, 7) is 8.29. The summed E-state index contributed by atoms with van der Waals surface area (Å²) in [5, 5.41) is 0. The first-order chi connectivity index (χ1) is 12.6. The Bertz CT molecular complexity index is 759. The second-order valence-electron chi connectivity index (χ2n) is 7.47. The number of aryl methyl sites for hydroxylation is 1. The summed E-state index contributed by atoms with van der Waals surface area (Å²) in [5.74, 6) is 3.39. The fraction of sp³-hybridized carbons (Fsp3) is 0.550. The Morgan fingerprint density at radius 3 is 2.69 bits per heavy atom. The molecule has 2 aliphatic rings. The Morgan fingerprint density at radius 1 is 1.19 bits per heavy atom. The van der Waals surface area contributed by atoms with Crippen molar-refractivity contribution in [3.8, 4) is 5.88 Å². The monoisotopic (exact) mass is 353 g/mol. The number of anilines is 1. The Labute approximate surface area is 155 Å². The molecule has 3 heterocycles. The summed E-state index contributed by atoms with van der Waals surface area (Å²) < 4.78 is 5.14. The van der Waals surface area contributed by atoms with Crippen LogP contribution in [0.5, 0.6) is 5.88 Å². The molecule has 4 rings (SSSR count). The van der Waals surface area contributed by atoms with Gasteiger partial charge in [-0.2, -0.15) is 0 Å². The predicted octanol–water partition coefficient (Wildman–Crippen LogP) is 2.78. The van der Waals surface area contributed by atoms with Crippen molar-refractivity contribution in [2.75, 3.05) is 31.6 Å². The van der Waals surface area contributed by atoms with Crippen LogP contribution in [0.15, 0.2) is 24.4 Å². The molecule has 0 aromatic carbocycles. The molecule has 1 atom stereocenters. The molecule has 0 spiro atoms. The van der Waals surface area contributed by atoms with Crippen LogP contribution in [0, 0.1) is 6.92 Å². The molecule has 0 bridgehead atoms. The minimum atomic E-state index is 0.463. The first kappa shape index (κ1) is 17.2. The van der Waals surface area contributed by atoms with E-state index >= 15 is 0 Å². The molecule has 26 heavy (non-hydrogen) atoms. The molecule has 1 aliphatic carbocycles. The van der Waals surface area contributed by atoms with Gasteiger partial charge in [0, 0.05) is 62.2 Å². The molecule has 2 aromatic heterocycles. The summed E-state index contributed by atoms with van der Waals surface area (Å²) in [7, 11) is 1.65. The quantitative estimate of drug-likeness (QED) is 0.824. The highest BCUT2D eigenvalue weighted by Crippen LogP contribution is 2.38. The molecule has 0 N–H and O–H groups in total. The molecule has 6 heteroatoms. The van der Waals surface area contributed by atoms with Crippen molar-refractivity contribution >= 4 is 5.82 Å². The summed E-state index contributed by atoms with van der Waals surface area (Å²) in [5.41, 5.74) is 2.30. The van der Waals surface area contributed by atoms with Crippen molar-refractivity contribution in [2.45, 2.75) is 45.2 Å². The van der Waals surface area contributed by atoms with Gasteiger partial charge in [-0.1, -0.05) is 6.07 Å². The molecular weight excluding hydrogens is 326 g/mol. The maximum atomic E-state index is 5.14. The molecule has 0 amide bonds. The van der Waals surface area contributed by atoms with E-state index in [1.165, 1.54) is 18.4 Å². The van der Waals surface area contributed by atoms with Crippen LogP contribution in [0.1, 0.15) is 42.8 Å². The van der Waals surface area contributed by atoms with Gasteiger partial charge in [-0.3, -0.25) is 4.90 Å². The first-order valence-electron chi connectivity index (χ1n) is 9.46. The van der Waals surface area contributed by atoms with Gasteiger partial charge in [0.25, 0.3) is 0 Å². The van der Waals surface area contributed by atoms with Crippen LogP contribution in [0.25, 0.3) is 0 Å². The number of methoxy groups -OCH3 is 1. The van der Waals surface area contributed by atoms with E-state index in [4.69, 9.17) is 9.72 Å². The standard InChI is InChI=1S/C20H27N5O/c1-14-10-18(23-20(22-14)17-5-6-17)25-9-8-24(15(2)12-25)13-16-4-7-19(26-3)21-11-16/h4,7,10-11,15,17H,5-6,8-9,12-13H2,1-3H3. The van der Waals surface area contributed by atoms with Crippen LogP contribution in [-0.4, -0.2) is 52.6 Å². The molecular formula is C20H27N5O. The summed E-state index contributed by atoms with van der Waals surface area (Å²) in [4.78, 5) is 18.7. The van der Waals surface area contributed by atoms with Gasteiger partial charge in [0.05, 0.1) is 7.11 Å². The lowest BCUT2D eigenvalue weighted by molar-refractivity contribution is 0.180. The maximum absolute atomic E-state index is 5.14. The van der Waals surface area contributed by atoms with Gasteiger partial charge in [-0.05, 0) is 32.3 Å². The van der Waals surface area contributed by atoms with Gasteiger partial charge >= 0.3 is 0 Å². The fourth-order valence-electron chi connectivity index (χ4n) is 3.56. The minimum absolute atomic E-state index is 0.463. The summed E-state index contributed by atoms with van der Waals surface area (Å²) in [6, 6.07) is 6.62. The lowest BCUT2D eigenvalue weighted by atomic mass is 10.1. The van der Waals surface area contributed by atoms with E-state index in [2.05, 4.69) is 45.7 Å². The largest absolute Gasteiger partial charge is 0.481 e. The molecule has 2 fully saturated rings. The molecule has 1 aliphatic heterocycles. The SMILES string of the molecule is COc1ccc(CN2CCN(c3cc(C)nc(C4CC4)n3)CC2C)cn1. The molecule has 1 saturated heterocycles. The number of piperazine rings is 1. The fourth-order valence-corrected chi connectivity index (χ4v) is 3.56. The Morgan fingerprint density at radius 2 is 2.04 bits per heavy atom. The van der Waals surface area contributed by atoms with Gasteiger partial charge < -0.3 is 9.64 Å². The molecule has 1 saturated carbocycles. The minimum Gasteiger partial charge on any atom is -0.481 e. The maximum Gasteiger partial charge on any atom is 0.212 e. The second kappa shape index (κ2) is 7.19. The topological polar surface area (TPSA) is 54.4 Å². The van der Waals surface area contributed by atoms with Gasteiger partial charge in [-0.25, -0.2) is 15.0 Å². The number of ether oxygens (including phenoxy) is 1. The Balaban J connectivity index is 1.41.